The molecule has 2 aliphatic rings. The first kappa shape index (κ1) is 35.3. The van der Waals surface area contributed by atoms with Crippen LogP contribution in [-0.4, -0.2) is 55.2 Å². The van der Waals surface area contributed by atoms with Crippen molar-refractivity contribution < 1.29 is 19.2 Å². The number of hydrogen-bond donors (Lipinski definition) is 2. The quantitative estimate of drug-likeness (QED) is 0.0871. The van der Waals surface area contributed by atoms with E-state index in [9.17, 15) is 19.2 Å². The van der Waals surface area contributed by atoms with Crippen LogP contribution in [-0.2, 0) is 19.2 Å². The predicted octanol–water partition coefficient (Wildman–Crippen LogP) is 7.53. The largest absolute Gasteiger partial charge is 0.326 e. The highest BCUT2D eigenvalue weighted by molar-refractivity contribution is 14.1. The van der Waals surface area contributed by atoms with Crippen LogP contribution in [0.3, 0.4) is 0 Å². The van der Waals surface area contributed by atoms with E-state index in [0.717, 1.165) is 54.9 Å². The maximum Gasteiger partial charge on any atom is 0.267 e. The molecule has 2 heterocycles. The number of nitrogens with one attached hydrogen (secondary N) is 2. The van der Waals surface area contributed by atoms with Gasteiger partial charge in [0, 0.05) is 44.4 Å². The van der Waals surface area contributed by atoms with Crippen molar-refractivity contribution in [3.05, 3.63) is 65.5 Å². The van der Waals surface area contributed by atoms with E-state index >= 15 is 0 Å². The number of carbonyl (C=O) groups is 4. The Bertz CT molecular complexity index is 1390. The molecule has 0 aliphatic carbocycles. The Morgan fingerprint density at radius 3 is 1.45 bits per heavy atom. The smallest absolute Gasteiger partial charge is 0.267 e. The van der Waals surface area contributed by atoms with E-state index < -0.39 is 0 Å². The fraction of sp³-hybridized carbons (Fsp3) is 0.333. The van der Waals surface area contributed by atoms with Gasteiger partial charge in [-0.2, -0.15) is 0 Å². The zero-order chi connectivity index (χ0) is 31.6. The Hall–Kier alpha value is -1.60. The Morgan fingerprint density at radius 2 is 1.07 bits per heavy atom. The average Bonchev–Trinajstić information content (AvgIpc) is 3.41. The number of carbonyl (C=O) groups excluding carboxylic acids is 4. The maximum absolute atomic E-state index is 13.2. The van der Waals surface area contributed by atoms with Gasteiger partial charge < -0.3 is 10.6 Å². The van der Waals surface area contributed by atoms with E-state index in [0.29, 0.717) is 70.1 Å². The summed E-state index contributed by atoms with van der Waals surface area (Å²) in [6, 6.07) is 15.3. The summed E-state index contributed by atoms with van der Waals surface area (Å²) in [4.78, 5) is 54.6. The number of unbranched alkanes of at least 4 members (excludes halogenated alkanes) is 4. The van der Waals surface area contributed by atoms with Gasteiger partial charge in [-0.1, -0.05) is 72.9 Å². The molecule has 0 aromatic heterocycles. The van der Waals surface area contributed by atoms with Crippen LogP contribution in [0, 0.1) is 7.14 Å². The standard InChI is InChI=1S/C30H30I2N4O4S4/c31-19-9-7-11-21(17-19)33-23(37)13-3-1-5-15-35-27(39)25(43-29(35)41)26-28(40)36(30(42)44-26)16-6-2-4-14-24(38)34-22-12-8-10-20(32)18-22/h7-12,17-18H,1-6,13-16H2,(H,33,37)(H,34,38)/b26-25+. The fourth-order valence-electron chi connectivity index (χ4n) is 4.50. The first-order valence-electron chi connectivity index (χ1n) is 14.0. The lowest BCUT2D eigenvalue weighted by Crippen LogP contribution is -2.31. The van der Waals surface area contributed by atoms with Crippen LogP contribution in [0.25, 0.3) is 0 Å². The number of hydrogen-bond acceptors (Lipinski definition) is 8. The second kappa shape index (κ2) is 17.4. The molecule has 232 valence electrons. The summed E-state index contributed by atoms with van der Waals surface area (Å²) < 4.78 is 2.96. The molecule has 0 saturated carbocycles. The summed E-state index contributed by atoms with van der Waals surface area (Å²) in [6.45, 7) is 0.869. The molecule has 0 atom stereocenters. The molecule has 2 aromatic rings. The third-order valence-corrected chi connectivity index (χ3v) is 11.1. The monoisotopic (exact) mass is 892 g/mol. The summed E-state index contributed by atoms with van der Waals surface area (Å²) in [5, 5.41) is 5.81. The minimum absolute atomic E-state index is 0.0389. The molecule has 0 radical (unpaired) electrons. The van der Waals surface area contributed by atoms with Gasteiger partial charge in [-0.15, -0.1) is 0 Å². The molecule has 2 fully saturated rings. The van der Waals surface area contributed by atoms with E-state index in [1.165, 1.54) is 9.80 Å². The number of halogens is 2. The molecule has 0 spiro atoms. The highest BCUT2D eigenvalue weighted by Crippen LogP contribution is 2.42. The molecule has 2 aliphatic heterocycles. The molecule has 2 aromatic carbocycles. The van der Waals surface area contributed by atoms with Crippen LogP contribution in [0.4, 0.5) is 11.4 Å². The van der Waals surface area contributed by atoms with Gasteiger partial charge in [-0.05, 0) is 107 Å². The molecule has 2 N–H and O–H groups in total. The number of rotatable bonds is 14. The van der Waals surface area contributed by atoms with Crippen molar-refractivity contribution in [3.8, 4) is 0 Å². The second-order valence-corrected chi connectivity index (χ2v) is 15.8. The minimum atomic E-state index is -0.268. The van der Waals surface area contributed by atoms with E-state index in [-0.39, 0.29) is 23.6 Å². The third kappa shape index (κ3) is 10.2. The highest BCUT2D eigenvalue weighted by atomic mass is 127. The van der Waals surface area contributed by atoms with Crippen molar-refractivity contribution in [2.24, 2.45) is 0 Å². The van der Waals surface area contributed by atoms with E-state index in [4.69, 9.17) is 24.4 Å². The van der Waals surface area contributed by atoms with Crippen LogP contribution < -0.4 is 10.6 Å². The highest BCUT2D eigenvalue weighted by Gasteiger charge is 2.41. The van der Waals surface area contributed by atoms with Gasteiger partial charge in [0.15, 0.2) is 0 Å². The van der Waals surface area contributed by atoms with E-state index in [1.54, 1.807) is 0 Å². The van der Waals surface area contributed by atoms with Crippen molar-refractivity contribution in [2.45, 2.75) is 51.4 Å². The lowest BCUT2D eigenvalue weighted by atomic mass is 10.1. The summed E-state index contributed by atoms with van der Waals surface area (Å²) >= 11 is 17.6. The topological polar surface area (TPSA) is 98.8 Å². The van der Waals surface area contributed by atoms with E-state index in [2.05, 4.69) is 55.8 Å². The van der Waals surface area contributed by atoms with Gasteiger partial charge >= 0.3 is 0 Å². The zero-order valence-corrected chi connectivity index (χ0v) is 31.2. The fourth-order valence-corrected chi connectivity index (χ4v) is 8.36. The van der Waals surface area contributed by atoms with Crippen molar-refractivity contribution in [3.63, 3.8) is 0 Å². The molecule has 0 bridgehead atoms. The lowest BCUT2D eigenvalue weighted by molar-refractivity contribution is -0.124. The number of thiocarbonyl (C=S) groups is 2. The van der Waals surface area contributed by atoms with Crippen LogP contribution >= 0.6 is 93.1 Å². The summed E-state index contributed by atoms with van der Waals surface area (Å²) in [6.07, 6.45) is 5.10. The molecule has 4 rings (SSSR count). The van der Waals surface area contributed by atoms with Gasteiger partial charge in [-0.25, -0.2) is 0 Å². The molecule has 0 unspecified atom stereocenters. The summed E-state index contributed by atoms with van der Waals surface area (Å²) in [5.74, 6) is -0.613. The first-order valence-corrected chi connectivity index (χ1v) is 18.7. The van der Waals surface area contributed by atoms with Crippen LogP contribution in [0.1, 0.15) is 51.4 Å². The SMILES string of the molecule is O=C(CCCCCN1C(=O)/C(=C2\SC(=S)N(CCCCCC(=O)Nc3cccc(I)c3)C2=O)SC1=S)Nc1cccc(I)c1. The number of thioether (sulfide) groups is 2. The van der Waals surface area contributed by atoms with Crippen molar-refractivity contribution in [1.82, 2.24) is 9.80 Å². The maximum atomic E-state index is 13.2. The third-order valence-electron chi connectivity index (χ3n) is 6.69. The summed E-state index contributed by atoms with van der Waals surface area (Å²) in [5.41, 5.74) is 1.56. The van der Waals surface area contributed by atoms with Gasteiger partial charge in [-0.3, -0.25) is 29.0 Å². The Morgan fingerprint density at radius 1 is 0.659 bits per heavy atom. The van der Waals surface area contributed by atoms with Gasteiger partial charge in [0.25, 0.3) is 11.8 Å². The van der Waals surface area contributed by atoms with Crippen molar-refractivity contribution in [2.75, 3.05) is 23.7 Å². The Labute approximate surface area is 303 Å². The zero-order valence-electron chi connectivity index (χ0n) is 23.6. The molecule has 2 saturated heterocycles. The normalized spacial score (nSPS) is 16.7. The number of nitrogens with zero attached hydrogens (tertiary/aromatic N) is 2. The lowest BCUT2D eigenvalue weighted by Gasteiger charge is -2.14. The van der Waals surface area contributed by atoms with Crippen molar-refractivity contribution in [1.29, 1.82) is 0 Å². The van der Waals surface area contributed by atoms with Gasteiger partial charge in [0.05, 0.1) is 9.81 Å². The van der Waals surface area contributed by atoms with Crippen molar-refractivity contribution >= 4 is 137 Å². The predicted molar refractivity (Wildman–Crippen MR) is 203 cm³/mol. The van der Waals surface area contributed by atoms with Gasteiger partial charge in [0.1, 0.15) is 8.64 Å². The first-order chi connectivity index (χ1) is 21.1. The van der Waals surface area contributed by atoms with Crippen LogP contribution in [0.2, 0.25) is 0 Å². The van der Waals surface area contributed by atoms with Crippen LogP contribution in [0.5, 0.6) is 0 Å². The number of amides is 4. The molecular weight excluding hydrogens is 862 g/mol. The second-order valence-electron chi connectivity index (χ2n) is 10.0. The average molecular weight is 893 g/mol. The molecule has 44 heavy (non-hydrogen) atoms. The number of benzene rings is 2. The minimum Gasteiger partial charge on any atom is -0.326 e. The molecule has 8 nitrogen and oxygen atoms in total. The van der Waals surface area contributed by atoms with Crippen LogP contribution in [0.15, 0.2) is 58.3 Å². The molecule has 4 amide bonds. The summed E-state index contributed by atoms with van der Waals surface area (Å²) in [7, 11) is 0. The molecule has 14 heteroatoms. The Kier molecular flexibility index (Phi) is 13.9. The van der Waals surface area contributed by atoms with Gasteiger partial charge in [0.2, 0.25) is 11.8 Å². The number of anilines is 2. The van der Waals surface area contributed by atoms with E-state index in [1.807, 2.05) is 48.5 Å². The Balaban J connectivity index is 1.17. The molecular formula is C30H30I2N4O4S4.